The Morgan fingerprint density at radius 2 is 2.13 bits per heavy atom. The van der Waals surface area contributed by atoms with E-state index in [9.17, 15) is 4.79 Å². The molecule has 6 heteroatoms. The van der Waals surface area contributed by atoms with Crippen molar-refractivity contribution in [2.75, 3.05) is 21.3 Å². The Labute approximate surface area is 92.0 Å². The van der Waals surface area contributed by atoms with Crippen LogP contribution in [0.2, 0.25) is 0 Å². The topological polar surface area (TPSA) is 57.7 Å². The summed E-state index contributed by atoms with van der Waals surface area (Å²) in [5, 5.41) is 2.39. The van der Waals surface area contributed by atoms with Crippen molar-refractivity contribution in [1.29, 1.82) is 0 Å². The van der Waals surface area contributed by atoms with Gasteiger partial charge in [-0.1, -0.05) is 0 Å². The van der Waals surface area contributed by atoms with Crippen molar-refractivity contribution in [2.24, 2.45) is 0 Å². The van der Waals surface area contributed by atoms with E-state index in [4.69, 9.17) is 9.47 Å². The summed E-state index contributed by atoms with van der Waals surface area (Å²) < 4.78 is 15.0. The second-order valence-corrected chi connectivity index (χ2v) is 3.65. The molecule has 0 spiro atoms. The molecule has 15 heavy (non-hydrogen) atoms. The van der Waals surface area contributed by atoms with Crippen LogP contribution in [0.15, 0.2) is 11.6 Å². The average Bonchev–Trinajstić information content (AvgIpc) is 2.79. The molecule has 0 amide bonds. The molecule has 0 aromatic carbocycles. The number of ether oxygens (including phenoxy) is 3. The summed E-state index contributed by atoms with van der Waals surface area (Å²) in [6.45, 7) is 0. The van der Waals surface area contributed by atoms with Gasteiger partial charge in [0.2, 0.25) is 5.79 Å². The standard InChI is InChI=1S/C9H13NO4S/c1-12-7(11)6-9(13-2,14-3)8-10-4-5-15-8/h4-5H,6H2,1-3H3. The van der Waals surface area contributed by atoms with Gasteiger partial charge < -0.3 is 14.2 Å². The van der Waals surface area contributed by atoms with Crippen LogP contribution in [0.3, 0.4) is 0 Å². The van der Waals surface area contributed by atoms with E-state index >= 15 is 0 Å². The lowest BCUT2D eigenvalue weighted by molar-refractivity contribution is -0.224. The molecule has 0 atom stereocenters. The number of aromatic nitrogens is 1. The summed E-state index contributed by atoms with van der Waals surface area (Å²) in [6, 6.07) is 0. The van der Waals surface area contributed by atoms with Gasteiger partial charge >= 0.3 is 5.97 Å². The van der Waals surface area contributed by atoms with Crippen molar-refractivity contribution in [3.8, 4) is 0 Å². The number of thiazole rings is 1. The quantitative estimate of drug-likeness (QED) is 0.562. The molecule has 0 aliphatic rings. The first-order chi connectivity index (χ1) is 7.18. The van der Waals surface area contributed by atoms with Crippen LogP contribution in [0.25, 0.3) is 0 Å². The lowest BCUT2D eigenvalue weighted by Gasteiger charge is -2.27. The fraction of sp³-hybridized carbons (Fsp3) is 0.556. The average molecular weight is 231 g/mol. The van der Waals surface area contributed by atoms with Crippen LogP contribution in [-0.2, 0) is 24.8 Å². The predicted molar refractivity (Wildman–Crippen MR) is 54.4 cm³/mol. The van der Waals surface area contributed by atoms with E-state index in [1.807, 2.05) is 0 Å². The minimum atomic E-state index is -1.14. The van der Waals surface area contributed by atoms with Crippen molar-refractivity contribution < 1.29 is 19.0 Å². The third-order valence-corrected chi connectivity index (χ3v) is 2.92. The van der Waals surface area contributed by atoms with E-state index < -0.39 is 11.8 Å². The number of carbonyl (C=O) groups is 1. The van der Waals surface area contributed by atoms with E-state index in [2.05, 4.69) is 9.72 Å². The Hall–Kier alpha value is -0.980. The van der Waals surface area contributed by atoms with Gasteiger partial charge in [-0.05, 0) is 0 Å². The number of methoxy groups -OCH3 is 3. The molecule has 0 radical (unpaired) electrons. The largest absolute Gasteiger partial charge is 0.469 e. The highest BCUT2D eigenvalue weighted by molar-refractivity contribution is 7.09. The van der Waals surface area contributed by atoms with Gasteiger partial charge in [-0.15, -0.1) is 11.3 Å². The van der Waals surface area contributed by atoms with Gasteiger partial charge in [-0.2, -0.15) is 0 Å². The molecule has 84 valence electrons. The van der Waals surface area contributed by atoms with Crippen LogP contribution < -0.4 is 0 Å². The van der Waals surface area contributed by atoms with Crippen LogP contribution in [0.4, 0.5) is 0 Å². The predicted octanol–water partition coefficient (Wildman–Crippen LogP) is 1.15. The Morgan fingerprint density at radius 3 is 2.53 bits per heavy atom. The van der Waals surface area contributed by atoms with Gasteiger partial charge in [0.15, 0.2) is 5.01 Å². The molecular formula is C9H13NO4S. The van der Waals surface area contributed by atoms with Crippen molar-refractivity contribution in [3.05, 3.63) is 16.6 Å². The molecule has 0 aliphatic heterocycles. The minimum absolute atomic E-state index is 0.0238. The molecule has 0 N–H and O–H groups in total. The zero-order valence-electron chi connectivity index (χ0n) is 8.85. The van der Waals surface area contributed by atoms with Gasteiger partial charge in [0.25, 0.3) is 0 Å². The summed E-state index contributed by atoms with van der Waals surface area (Å²) in [6.07, 6.45) is 1.61. The number of hydrogen-bond acceptors (Lipinski definition) is 6. The van der Waals surface area contributed by atoms with E-state index in [0.717, 1.165) is 0 Å². The smallest absolute Gasteiger partial charge is 0.311 e. The number of esters is 1. The first-order valence-electron chi connectivity index (χ1n) is 4.25. The summed E-state index contributed by atoms with van der Waals surface area (Å²) >= 11 is 1.36. The molecule has 1 aromatic rings. The van der Waals surface area contributed by atoms with E-state index in [1.165, 1.54) is 32.7 Å². The fourth-order valence-corrected chi connectivity index (χ4v) is 1.94. The van der Waals surface area contributed by atoms with Gasteiger partial charge in [0.05, 0.1) is 7.11 Å². The van der Waals surface area contributed by atoms with E-state index in [0.29, 0.717) is 5.01 Å². The summed E-state index contributed by atoms with van der Waals surface area (Å²) in [4.78, 5) is 15.3. The van der Waals surface area contributed by atoms with Crippen molar-refractivity contribution >= 4 is 17.3 Å². The molecular weight excluding hydrogens is 218 g/mol. The molecule has 0 saturated carbocycles. The molecule has 0 unspecified atom stereocenters. The van der Waals surface area contributed by atoms with Gasteiger partial charge in [0, 0.05) is 25.8 Å². The number of rotatable bonds is 5. The summed E-state index contributed by atoms with van der Waals surface area (Å²) in [5.74, 6) is -1.55. The SMILES string of the molecule is COC(=O)CC(OC)(OC)c1nccs1. The molecule has 0 bridgehead atoms. The molecule has 1 aromatic heterocycles. The van der Waals surface area contributed by atoms with Crippen molar-refractivity contribution in [1.82, 2.24) is 4.98 Å². The molecule has 0 fully saturated rings. The Bertz CT molecular complexity index is 308. The summed E-state index contributed by atoms with van der Waals surface area (Å²) in [7, 11) is 4.25. The highest BCUT2D eigenvalue weighted by atomic mass is 32.1. The molecule has 1 heterocycles. The summed E-state index contributed by atoms with van der Waals surface area (Å²) in [5.41, 5.74) is 0. The van der Waals surface area contributed by atoms with Crippen molar-refractivity contribution in [3.63, 3.8) is 0 Å². The molecule has 1 rings (SSSR count). The molecule has 0 aliphatic carbocycles. The maximum absolute atomic E-state index is 11.2. The van der Waals surface area contributed by atoms with Gasteiger partial charge in [-0.25, -0.2) is 4.98 Å². The zero-order valence-corrected chi connectivity index (χ0v) is 9.67. The fourth-order valence-electron chi connectivity index (χ4n) is 1.15. The maximum atomic E-state index is 11.2. The minimum Gasteiger partial charge on any atom is -0.469 e. The lowest BCUT2D eigenvalue weighted by Crippen LogP contribution is -2.33. The van der Waals surface area contributed by atoms with Crippen LogP contribution in [-0.4, -0.2) is 32.3 Å². The zero-order chi connectivity index (χ0) is 11.3. The Kier molecular flexibility index (Phi) is 4.19. The highest BCUT2D eigenvalue weighted by Crippen LogP contribution is 2.31. The first-order valence-corrected chi connectivity index (χ1v) is 5.13. The third kappa shape index (κ3) is 2.53. The second kappa shape index (κ2) is 5.20. The third-order valence-electron chi connectivity index (χ3n) is 2.02. The normalized spacial score (nSPS) is 11.4. The second-order valence-electron chi connectivity index (χ2n) is 2.75. The van der Waals surface area contributed by atoms with E-state index in [-0.39, 0.29) is 6.42 Å². The number of nitrogens with zero attached hydrogens (tertiary/aromatic N) is 1. The first kappa shape index (κ1) is 12.1. The number of hydrogen-bond donors (Lipinski definition) is 0. The van der Waals surface area contributed by atoms with E-state index in [1.54, 1.807) is 11.6 Å². The highest BCUT2D eigenvalue weighted by Gasteiger charge is 2.38. The van der Waals surface area contributed by atoms with Crippen LogP contribution in [0.1, 0.15) is 11.4 Å². The van der Waals surface area contributed by atoms with Gasteiger partial charge in [0.1, 0.15) is 6.42 Å². The molecule has 0 saturated heterocycles. The van der Waals surface area contributed by atoms with Crippen LogP contribution in [0, 0.1) is 0 Å². The monoisotopic (exact) mass is 231 g/mol. The van der Waals surface area contributed by atoms with Crippen molar-refractivity contribution in [2.45, 2.75) is 12.2 Å². The lowest BCUT2D eigenvalue weighted by atomic mass is 10.2. The Morgan fingerprint density at radius 1 is 1.47 bits per heavy atom. The maximum Gasteiger partial charge on any atom is 0.311 e. The molecule has 5 nitrogen and oxygen atoms in total. The van der Waals surface area contributed by atoms with Crippen LogP contribution >= 0.6 is 11.3 Å². The number of carbonyl (C=O) groups excluding carboxylic acids is 1. The van der Waals surface area contributed by atoms with Crippen LogP contribution in [0.5, 0.6) is 0 Å². The Balaban J connectivity index is 2.92. The van der Waals surface area contributed by atoms with Gasteiger partial charge in [-0.3, -0.25) is 4.79 Å².